The molecule has 1 unspecified atom stereocenters. The van der Waals surface area contributed by atoms with Crippen molar-refractivity contribution in [2.24, 2.45) is 7.05 Å². The second-order valence-corrected chi connectivity index (χ2v) is 7.58. The van der Waals surface area contributed by atoms with Gasteiger partial charge in [-0.25, -0.2) is 4.68 Å². The highest BCUT2D eigenvalue weighted by Gasteiger charge is 2.31. The second kappa shape index (κ2) is 8.48. The lowest BCUT2D eigenvalue weighted by atomic mass is 10.2. The number of nitrogens with zero attached hydrogens (tertiary/aromatic N) is 6. The summed E-state index contributed by atoms with van der Waals surface area (Å²) in [6.45, 7) is 3.54. The normalized spacial score (nSPS) is 16.1. The van der Waals surface area contributed by atoms with Crippen LogP contribution in [-0.4, -0.2) is 54.1 Å². The molecule has 9 nitrogen and oxygen atoms in total. The predicted octanol–water partition coefficient (Wildman–Crippen LogP) is 1.55. The van der Waals surface area contributed by atoms with E-state index in [1.54, 1.807) is 15.6 Å². The van der Waals surface area contributed by atoms with Gasteiger partial charge in [-0.3, -0.25) is 14.3 Å². The lowest BCUT2D eigenvalue weighted by molar-refractivity contribution is 0.0714. The van der Waals surface area contributed by atoms with Gasteiger partial charge in [-0.05, 0) is 31.4 Å². The van der Waals surface area contributed by atoms with E-state index in [0.717, 1.165) is 24.1 Å². The van der Waals surface area contributed by atoms with Gasteiger partial charge in [-0.1, -0.05) is 35.5 Å². The third-order valence-electron chi connectivity index (χ3n) is 5.44. The minimum absolute atomic E-state index is 0.00161. The van der Waals surface area contributed by atoms with E-state index in [0.29, 0.717) is 25.3 Å². The molecule has 0 saturated carbocycles. The number of carbonyl (C=O) groups excluding carboxylic acids is 2. The lowest BCUT2D eigenvalue weighted by Crippen LogP contribution is -2.38. The van der Waals surface area contributed by atoms with Crippen molar-refractivity contribution in [3.8, 4) is 0 Å². The molecule has 1 fully saturated rings. The highest BCUT2D eigenvalue weighted by Crippen LogP contribution is 2.21. The summed E-state index contributed by atoms with van der Waals surface area (Å²) >= 11 is 0. The van der Waals surface area contributed by atoms with E-state index in [9.17, 15) is 9.59 Å². The zero-order valence-corrected chi connectivity index (χ0v) is 17.2. The van der Waals surface area contributed by atoms with Crippen LogP contribution in [0.15, 0.2) is 42.6 Å². The number of benzene rings is 1. The first-order chi connectivity index (χ1) is 14.5. The Morgan fingerprint density at radius 3 is 2.73 bits per heavy atom. The van der Waals surface area contributed by atoms with Crippen molar-refractivity contribution in [2.75, 3.05) is 6.54 Å². The van der Waals surface area contributed by atoms with Crippen molar-refractivity contribution in [1.29, 1.82) is 0 Å². The number of hydrogen-bond acceptors (Lipinski definition) is 5. The van der Waals surface area contributed by atoms with Crippen molar-refractivity contribution in [1.82, 2.24) is 35.0 Å². The van der Waals surface area contributed by atoms with Crippen LogP contribution in [0.25, 0.3) is 0 Å². The third-order valence-corrected chi connectivity index (χ3v) is 5.44. The first-order valence-corrected chi connectivity index (χ1v) is 10.0. The fourth-order valence-electron chi connectivity index (χ4n) is 3.68. The van der Waals surface area contributed by atoms with Crippen LogP contribution >= 0.6 is 0 Å². The summed E-state index contributed by atoms with van der Waals surface area (Å²) in [6, 6.07) is 11.5. The van der Waals surface area contributed by atoms with E-state index < -0.39 is 0 Å². The van der Waals surface area contributed by atoms with Crippen LogP contribution < -0.4 is 5.32 Å². The Balaban J connectivity index is 1.37. The quantitative estimate of drug-likeness (QED) is 0.669. The van der Waals surface area contributed by atoms with Crippen LogP contribution in [0.4, 0.5) is 0 Å². The molecular weight excluding hydrogens is 382 g/mol. The Hall–Kier alpha value is -3.49. The van der Waals surface area contributed by atoms with Crippen LogP contribution in [0.1, 0.15) is 45.1 Å². The maximum Gasteiger partial charge on any atom is 0.274 e. The van der Waals surface area contributed by atoms with Crippen LogP contribution in [0.3, 0.4) is 0 Å². The van der Waals surface area contributed by atoms with E-state index >= 15 is 0 Å². The molecule has 0 bridgehead atoms. The monoisotopic (exact) mass is 407 g/mol. The molecule has 1 aliphatic rings. The molecule has 0 radical (unpaired) electrons. The molecule has 0 spiro atoms. The molecular formula is C21H25N7O2. The van der Waals surface area contributed by atoms with Crippen LogP contribution in [0.5, 0.6) is 0 Å². The van der Waals surface area contributed by atoms with E-state index in [-0.39, 0.29) is 23.6 Å². The smallest absolute Gasteiger partial charge is 0.274 e. The molecule has 0 aliphatic carbocycles. The molecule has 3 heterocycles. The van der Waals surface area contributed by atoms with Gasteiger partial charge in [0, 0.05) is 25.8 Å². The topological polar surface area (TPSA) is 97.9 Å². The Morgan fingerprint density at radius 2 is 2.00 bits per heavy atom. The van der Waals surface area contributed by atoms with E-state index in [1.165, 1.54) is 0 Å². The van der Waals surface area contributed by atoms with Crippen molar-refractivity contribution in [3.63, 3.8) is 0 Å². The Labute approximate surface area is 174 Å². The largest absolute Gasteiger partial charge is 0.347 e. The number of rotatable bonds is 6. The minimum Gasteiger partial charge on any atom is -0.347 e. The predicted molar refractivity (Wildman–Crippen MR) is 110 cm³/mol. The number of aryl methyl sites for hydroxylation is 2. The number of likely N-dealkylation sites (tertiary alicyclic amines) is 1. The minimum atomic E-state index is -0.270. The molecule has 1 atom stereocenters. The summed E-state index contributed by atoms with van der Waals surface area (Å²) in [5, 5.41) is 15.2. The SMILES string of the molecule is Cc1cc(C(=O)N2CCCC2Cn2cc(C(=O)NCc3ccccc3)nn2)nn1C. The van der Waals surface area contributed by atoms with Gasteiger partial charge < -0.3 is 10.2 Å². The number of aromatic nitrogens is 5. The Morgan fingerprint density at radius 1 is 1.20 bits per heavy atom. The molecule has 4 rings (SSSR count). The van der Waals surface area contributed by atoms with Gasteiger partial charge in [0.1, 0.15) is 0 Å². The van der Waals surface area contributed by atoms with Crippen LogP contribution in [-0.2, 0) is 20.1 Å². The molecule has 156 valence electrons. The van der Waals surface area contributed by atoms with Gasteiger partial charge in [-0.2, -0.15) is 5.10 Å². The standard InChI is InChI=1S/C21H25N7O2/c1-15-11-18(24-26(15)2)21(30)28-10-6-9-17(28)13-27-14-19(23-25-27)20(29)22-12-16-7-4-3-5-8-16/h3-5,7-8,11,14,17H,6,9-10,12-13H2,1-2H3,(H,22,29). The fourth-order valence-corrected chi connectivity index (χ4v) is 3.68. The van der Waals surface area contributed by atoms with Gasteiger partial charge in [0.15, 0.2) is 11.4 Å². The van der Waals surface area contributed by atoms with Gasteiger partial charge in [0.25, 0.3) is 11.8 Å². The Bertz CT molecular complexity index is 1020. The van der Waals surface area contributed by atoms with Gasteiger partial charge >= 0.3 is 0 Å². The summed E-state index contributed by atoms with van der Waals surface area (Å²) in [5.74, 6) is -0.337. The average Bonchev–Trinajstić information content (AvgIpc) is 3.48. The van der Waals surface area contributed by atoms with Crippen LogP contribution in [0, 0.1) is 6.92 Å². The van der Waals surface area contributed by atoms with Crippen LogP contribution in [0.2, 0.25) is 0 Å². The highest BCUT2D eigenvalue weighted by atomic mass is 16.2. The second-order valence-electron chi connectivity index (χ2n) is 7.58. The Kier molecular flexibility index (Phi) is 5.60. The summed E-state index contributed by atoms with van der Waals surface area (Å²) in [4.78, 5) is 27.1. The molecule has 2 amide bonds. The zero-order valence-electron chi connectivity index (χ0n) is 17.2. The van der Waals surface area contributed by atoms with Gasteiger partial charge in [0.05, 0.1) is 18.8 Å². The average molecular weight is 407 g/mol. The van der Waals surface area contributed by atoms with Gasteiger partial charge in [-0.15, -0.1) is 5.10 Å². The molecule has 1 aliphatic heterocycles. The van der Waals surface area contributed by atoms with Gasteiger partial charge in [0.2, 0.25) is 0 Å². The fraction of sp³-hybridized carbons (Fsp3) is 0.381. The maximum atomic E-state index is 12.9. The lowest BCUT2D eigenvalue weighted by Gasteiger charge is -2.23. The third kappa shape index (κ3) is 4.24. The maximum absolute atomic E-state index is 12.9. The summed E-state index contributed by atoms with van der Waals surface area (Å²) in [5.41, 5.74) is 2.68. The number of carbonyl (C=O) groups is 2. The zero-order chi connectivity index (χ0) is 21.1. The summed E-state index contributed by atoms with van der Waals surface area (Å²) in [6.07, 6.45) is 3.44. The molecule has 3 aromatic rings. The molecule has 30 heavy (non-hydrogen) atoms. The first kappa shape index (κ1) is 19.8. The van der Waals surface area contributed by atoms with Crippen molar-refractivity contribution < 1.29 is 9.59 Å². The number of nitrogens with one attached hydrogen (secondary N) is 1. The molecule has 1 saturated heterocycles. The molecule has 2 aromatic heterocycles. The molecule has 9 heteroatoms. The molecule has 1 N–H and O–H groups in total. The van der Waals surface area contributed by atoms with E-state index in [2.05, 4.69) is 20.7 Å². The number of hydrogen-bond donors (Lipinski definition) is 1. The van der Waals surface area contributed by atoms with E-state index in [1.807, 2.05) is 55.3 Å². The van der Waals surface area contributed by atoms with E-state index in [4.69, 9.17) is 0 Å². The summed E-state index contributed by atoms with van der Waals surface area (Å²) < 4.78 is 3.34. The number of amides is 2. The van der Waals surface area contributed by atoms with Crippen molar-refractivity contribution in [3.05, 3.63) is 65.2 Å². The first-order valence-electron chi connectivity index (χ1n) is 10.0. The van der Waals surface area contributed by atoms with Crippen molar-refractivity contribution in [2.45, 2.75) is 38.9 Å². The highest BCUT2D eigenvalue weighted by molar-refractivity contribution is 5.93. The van der Waals surface area contributed by atoms with Crippen molar-refractivity contribution >= 4 is 11.8 Å². The molecule has 1 aromatic carbocycles. The summed E-state index contributed by atoms with van der Waals surface area (Å²) in [7, 11) is 1.83.